The number of nitrogens with one attached hydrogen (secondary N) is 1. The molecule has 3 rings (SSSR count). The lowest BCUT2D eigenvalue weighted by Gasteiger charge is -2.22. The lowest BCUT2D eigenvalue weighted by molar-refractivity contribution is -0.186. The van der Waals surface area contributed by atoms with Crippen LogP contribution in [0.15, 0.2) is 47.1 Å². The van der Waals surface area contributed by atoms with Crippen LogP contribution in [0.1, 0.15) is 29.6 Å². The topological polar surface area (TPSA) is 69.7 Å². The van der Waals surface area contributed by atoms with Crippen LogP contribution >= 0.6 is 15.9 Å². The summed E-state index contributed by atoms with van der Waals surface area (Å²) >= 11 is 3.38. The molecule has 24 heavy (non-hydrogen) atoms. The van der Waals surface area contributed by atoms with Crippen molar-refractivity contribution in [1.29, 1.82) is 0 Å². The Bertz CT molecular complexity index is 704. The fourth-order valence-corrected chi connectivity index (χ4v) is 2.64. The molecular weight excluding hydrogens is 376 g/mol. The molecule has 2 heterocycles. The molecule has 0 aliphatic carbocycles. The van der Waals surface area contributed by atoms with E-state index in [9.17, 15) is 4.79 Å². The van der Waals surface area contributed by atoms with Crippen LogP contribution in [0.2, 0.25) is 0 Å². The maximum absolute atomic E-state index is 12.3. The van der Waals surface area contributed by atoms with E-state index in [1.807, 2.05) is 12.1 Å². The van der Waals surface area contributed by atoms with Gasteiger partial charge in [-0.25, -0.2) is 15.3 Å². The summed E-state index contributed by atoms with van der Waals surface area (Å²) in [5.41, 5.74) is 2.70. The van der Waals surface area contributed by atoms with Crippen molar-refractivity contribution in [3.8, 4) is 11.6 Å². The number of carbonyl (C=O) groups excluding carboxylic acids is 1. The summed E-state index contributed by atoms with van der Waals surface area (Å²) in [5, 5.41) is 0. The molecule has 1 aromatic carbocycles. The molecule has 6 nitrogen and oxygen atoms in total. The SMILES string of the molecule is O=C(NOC1CCCCO1)c1cccnc1Oc1cccc(Br)c1. The number of aromatic nitrogens is 1. The number of halogens is 1. The molecule has 1 saturated heterocycles. The van der Waals surface area contributed by atoms with Crippen molar-refractivity contribution in [2.75, 3.05) is 6.61 Å². The van der Waals surface area contributed by atoms with Crippen molar-refractivity contribution in [3.63, 3.8) is 0 Å². The molecule has 7 heteroatoms. The lowest BCUT2D eigenvalue weighted by Crippen LogP contribution is -2.33. The van der Waals surface area contributed by atoms with Gasteiger partial charge in [0.15, 0.2) is 6.29 Å². The van der Waals surface area contributed by atoms with E-state index in [-0.39, 0.29) is 11.4 Å². The van der Waals surface area contributed by atoms with Gasteiger partial charge < -0.3 is 9.47 Å². The van der Waals surface area contributed by atoms with Gasteiger partial charge in [0.05, 0.1) is 0 Å². The molecule has 1 fully saturated rings. The van der Waals surface area contributed by atoms with Crippen molar-refractivity contribution in [3.05, 3.63) is 52.6 Å². The van der Waals surface area contributed by atoms with Crippen LogP contribution in [-0.4, -0.2) is 23.8 Å². The molecule has 1 atom stereocenters. The highest BCUT2D eigenvalue weighted by Crippen LogP contribution is 2.25. The maximum Gasteiger partial charge on any atom is 0.280 e. The van der Waals surface area contributed by atoms with Crippen LogP contribution < -0.4 is 10.2 Å². The number of nitrogens with zero attached hydrogens (tertiary/aromatic N) is 1. The Labute approximate surface area is 148 Å². The predicted octanol–water partition coefficient (Wildman–Crippen LogP) is 3.82. The molecule has 1 unspecified atom stereocenters. The monoisotopic (exact) mass is 392 g/mol. The van der Waals surface area contributed by atoms with Gasteiger partial charge in [-0.15, -0.1) is 0 Å². The first-order valence-corrected chi connectivity index (χ1v) is 8.48. The van der Waals surface area contributed by atoms with Gasteiger partial charge in [-0.05, 0) is 43.2 Å². The van der Waals surface area contributed by atoms with Crippen molar-refractivity contribution >= 4 is 21.8 Å². The summed E-state index contributed by atoms with van der Waals surface area (Å²) in [6.45, 7) is 0.644. The number of hydrogen-bond acceptors (Lipinski definition) is 5. The zero-order valence-electron chi connectivity index (χ0n) is 12.9. The average Bonchev–Trinajstić information content (AvgIpc) is 2.61. The third-order valence-corrected chi connectivity index (χ3v) is 3.94. The quantitative estimate of drug-likeness (QED) is 0.783. The highest BCUT2D eigenvalue weighted by Gasteiger charge is 2.19. The summed E-state index contributed by atoms with van der Waals surface area (Å²) in [6.07, 6.45) is 3.95. The van der Waals surface area contributed by atoms with E-state index in [4.69, 9.17) is 14.3 Å². The molecule has 1 aliphatic heterocycles. The molecule has 126 valence electrons. The Morgan fingerprint density at radius 1 is 1.29 bits per heavy atom. The Hall–Kier alpha value is -1.96. The first-order valence-electron chi connectivity index (χ1n) is 7.68. The van der Waals surface area contributed by atoms with Gasteiger partial charge in [-0.2, -0.15) is 0 Å². The van der Waals surface area contributed by atoms with Crippen molar-refractivity contribution in [2.24, 2.45) is 0 Å². The molecule has 0 radical (unpaired) electrons. The molecule has 0 bridgehead atoms. The van der Waals surface area contributed by atoms with Gasteiger partial charge in [-0.3, -0.25) is 4.79 Å². The van der Waals surface area contributed by atoms with Crippen molar-refractivity contribution in [2.45, 2.75) is 25.6 Å². The second-order valence-corrected chi connectivity index (χ2v) is 6.18. The number of carbonyl (C=O) groups is 1. The Kier molecular flexibility index (Phi) is 5.79. The first-order chi connectivity index (χ1) is 11.7. The normalized spacial score (nSPS) is 17.3. The number of amides is 1. The highest BCUT2D eigenvalue weighted by atomic mass is 79.9. The average molecular weight is 393 g/mol. The molecule has 1 aliphatic rings. The smallest absolute Gasteiger partial charge is 0.280 e. The van der Waals surface area contributed by atoms with Crippen molar-refractivity contribution in [1.82, 2.24) is 10.5 Å². The minimum atomic E-state index is -0.428. The summed E-state index contributed by atoms with van der Waals surface area (Å²) in [7, 11) is 0. The zero-order valence-corrected chi connectivity index (χ0v) is 14.5. The second-order valence-electron chi connectivity index (χ2n) is 5.26. The number of pyridine rings is 1. The van der Waals surface area contributed by atoms with Gasteiger partial charge in [0.2, 0.25) is 5.88 Å². The molecular formula is C17H17BrN2O4. The van der Waals surface area contributed by atoms with Crippen LogP contribution in [-0.2, 0) is 9.57 Å². The van der Waals surface area contributed by atoms with Gasteiger partial charge in [0.1, 0.15) is 11.3 Å². The van der Waals surface area contributed by atoms with E-state index < -0.39 is 12.2 Å². The van der Waals surface area contributed by atoms with Gasteiger partial charge in [0.25, 0.3) is 5.91 Å². The zero-order chi connectivity index (χ0) is 16.8. The number of ether oxygens (including phenoxy) is 2. The first kappa shape index (κ1) is 16.9. The predicted molar refractivity (Wildman–Crippen MR) is 90.6 cm³/mol. The Morgan fingerprint density at radius 3 is 3.00 bits per heavy atom. The van der Waals surface area contributed by atoms with Gasteiger partial charge in [-0.1, -0.05) is 22.0 Å². The molecule has 1 aromatic heterocycles. The van der Waals surface area contributed by atoms with Crippen LogP contribution in [0.4, 0.5) is 0 Å². The van der Waals surface area contributed by atoms with E-state index in [0.717, 1.165) is 23.7 Å². The lowest BCUT2D eigenvalue weighted by atomic mass is 10.2. The summed E-state index contributed by atoms with van der Waals surface area (Å²) in [6, 6.07) is 10.6. The second kappa shape index (κ2) is 8.23. The standard InChI is InChI=1S/C17H17BrN2O4/c18-12-5-3-6-13(11-12)23-17-14(7-4-9-19-17)16(21)20-24-15-8-1-2-10-22-15/h3-7,9,11,15H,1-2,8,10H2,(H,20,21). The molecule has 0 saturated carbocycles. The van der Waals surface area contributed by atoms with Crippen LogP contribution in [0.5, 0.6) is 11.6 Å². The minimum Gasteiger partial charge on any atom is -0.438 e. The van der Waals surface area contributed by atoms with E-state index in [1.54, 1.807) is 30.5 Å². The van der Waals surface area contributed by atoms with E-state index in [1.165, 1.54) is 0 Å². The van der Waals surface area contributed by atoms with E-state index >= 15 is 0 Å². The fraction of sp³-hybridized carbons (Fsp3) is 0.294. The van der Waals surface area contributed by atoms with Crippen LogP contribution in [0, 0.1) is 0 Å². The number of rotatable bonds is 5. The third kappa shape index (κ3) is 4.53. The van der Waals surface area contributed by atoms with Crippen LogP contribution in [0.3, 0.4) is 0 Å². The van der Waals surface area contributed by atoms with Gasteiger partial charge in [0, 0.05) is 23.7 Å². The van der Waals surface area contributed by atoms with E-state index in [0.29, 0.717) is 12.4 Å². The van der Waals surface area contributed by atoms with Gasteiger partial charge >= 0.3 is 0 Å². The van der Waals surface area contributed by atoms with E-state index in [2.05, 4.69) is 26.4 Å². The number of hydroxylamine groups is 1. The number of benzene rings is 1. The summed E-state index contributed by atoms with van der Waals surface area (Å²) in [5.74, 6) is 0.359. The van der Waals surface area contributed by atoms with Crippen molar-refractivity contribution < 1.29 is 19.1 Å². The van der Waals surface area contributed by atoms with Crippen LogP contribution in [0.25, 0.3) is 0 Å². The highest BCUT2D eigenvalue weighted by molar-refractivity contribution is 9.10. The molecule has 0 spiro atoms. The fourth-order valence-electron chi connectivity index (χ4n) is 2.27. The largest absolute Gasteiger partial charge is 0.438 e. The maximum atomic E-state index is 12.3. The Balaban J connectivity index is 1.67. The molecule has 1 N–H and O–H groups in total. The number of hydrogen-bond donors (Lipinski definition) is 1. The minimum absolute atomic E-state index is 0.210. The molecule has 1 amide bonds. The molecule has 2 aromatic rings. The Morgan fingerprint density at radius 2 is 2.21 bits per heavy atom. The summed E-state index contributed by atoms with van der Waals surface area (Å²) < 4.78 is 12.0. The third-order valence-electron chi connectivity index (χ3n) is 3.45. The summed E-state index contributed by atoms with van der Waals surface area (Å²) in [4.78, 5) is 21.8.